The van der Waals surface area contributed by atoms with Gasteiger partial charge in [0.15, 0.2) is 11.5 Å². The van der Waals surface area contributed by atoms with E-state index in [-0.39, 0.29) is 45.2 Å². The number of rotatable bonds is 8. The molecule has 10 nitrogen and oxygen atoms in total. The van der Waals surface area contributed by atoms with Gasteiger partial charge in [-0.2, -0.15) is 0 Å². The predicted molar refractivity (Wildman–Crippen MR) is 204 cm³/mol. The standard InChI is InChI=1S/C44H51N3O7/c1-40(2,3)42(5,52)32-23-43-19-18-41(32,4)38-44(43)20-21-47(24-25-6-7-25)33(43)22-28-12-17-31(35(54-38)34(28)44)53-39(51)46-30-13-8-26(9-14-30)36(48)45-29-15-10-27(11-16-29)37(49)50/h8-17,25,32-33,38,52H,6-7,18-24H2,1-5H3,(H,45,48)(H,46,51)(H,49,50)/t32-,33+,38-,41+,42+,43+,44-/m0/s1. The minimum Gasteiger partial charge on any atom is -0.485 e. The van der Waals surface area contributed by atoms with E-state index < -0.39 is 17.7 Å². The van der Waals surface area contributed by atoms with Crippen LogP contribution in [0.3, 0.4) is 0 Å². The third kappa shape index (κ3) is 5.01. The molecular weight excluding hydrogens is 682 g/mol. The maximum atomic E-state index is 13.5. The zero-order chi connectivity index (χ0) is 38.0. The number of ether oxygens (including phenoxy) is 2. The Kier molecular flexibility index (Phi) is 7.71. The highest BCUT2D eigenvalue weighted by molar-refractivity contribution is 6.04. The number of likely N-dealkylation sites (tertiary alicyclic amines) is 1. The second-order valence-corrected chi connectivity index (χ2v) is 18.5. The molecule has 1 saturated heterocycles. The van der Waals surface area contributed by atoms with Crippen LogP contribution in [0.4, 0.5) is 16.2 Å². The normalized spacial score (nSPS) is 31.5. The number of benzene rings is 3. The third-order valence-corrected chi connectivity index (χ3v) is 15.0. The Morgan fingerprint density at radius 1 is 0.907 bits per heavy atom. The number of carboxylic acid groups (broad SMARTS) is 1. The molecule has 0 unspecified atom stereocenters. The average molecular weight is 734 g/mol. The van der Waals surface area contributed by atoms with Gasteiger partial charge in [-0.15, -0.1) is 0 Å². The topological polar surface area (TPSA) is 137 Å². The molecule has 0 aromatic heterocycles. The first kappa shape index (κ1) is 35.3. The van der Waals surface area contributed by atoms with E-state index in [0.29, 0.717) is 34.5 Å². The minimum absolute atomic E-state index is 0.0441. The number of carbonyl (C=O) groups excluding carboxylic acids is 2. The zero-order valence-electron chi connectivity index (χ0n) is 31.8. The van der Waals surface area contributed by atoms with Crippen LogP contribution in [0.25, 0.3) is 0 Å². The van der Waals surface area contributed by atoms with Crippen LogP contribution in [0.5, 0.6) is 11.5 Å². The van der Waals surface area contributed by atoms with Crippen LogP contribution in [-0.4, -0.2) is 63.9 Å². The molecule has 2 spiro atoms. The summed E-state index contributed by atoms with van der Waals surface area (Å²) in [5, 5.41) is 27.2. The number of nitrogens with one attached hydrogen (secondary N) is 2. The van der Waals surface area contributed by atoms with Crippen molar-refractivity contribution in [2.75, 3.05) is 23.7 Å². The van der Waals surface area contributed by atoms with Gasteiger partial charge in [0.2, 0.25) is 0 Å². The van der Waals surface area contributed by atoms with Crippen LogP contribution < -0.4 is 20.1 Å². The van der Waals surface area contributed by atoms with E-state index in [4.69, 9.17) is 14.6 Å². The number of amides is 2. The van der Waals surface area contributed by atoms with Crippen molar-refractivity contribution in [3.05, 3.63) is 82.9 Å². The molecule has 5 aliphatic carbocycles. The molecule has 2 aliphatic heterocycles. The number of anilines is 2. The van der Waals surface area contributed by atoms with Crippen molar-refractivity contribution in [3.8, 4) is 11.5 Å². The molecule has 3 aromatic carbocycles. The number of nitrogens with zero attached hydrogens (tertiary/aromatic N) is 1. The molecule has 5 fully saturated rings. The molecule has 3 aromatic rings. The molecule has 4 saturated carbocycles. The van der Waals surface area contributed by atoms with Gasteiger partial charge in [0.25, 0.3) is 5.91 Å². The average Bonchev–Trinajstić information content (AvgIpc) is 3.87. The van der Waals surface area contributed by atoms with E-state index in [2.05, 4.69) is 56.2 Å². The van der Waals surface area contributed by atoms with Crippen molar-refractivity contribution >= 4 is 29.3 Å². The summed E-state index contributed by atoms with van der Waals surface area (Å²) >= 11 is 0. The molecule has 10 rings (SSSR count). The molecule has 4 bridgehead atoms. The second kappa shape index (κ2) is 11.8. The SMILES string of the molecule is CC(C)(C)[C@](C)(O)[C@H]1C[C@@]23CC[C@@]1(C)[C@@H]1Oc4c(OC(=O)Nc5ccc(C(=O)Nc6ccc(C(=O)O)cc6)cc5)ccc5c4[C@@]12CCN(CC1CC1)[C@@H]3C5. The van der Waals surface area contributed by atoms with E-state index >= 15 is 0 Å². The number of aromatic carboxylic acids is 1. The molecule has 0 radical (unpaired) electrons. The fraction of sp³-hybridized carbons (Fsp3) is 0.523. The molecule has 10 heteroatoms. The minimum atomic E-state index is -1.04. The summed E-state index contributed by atoms with van der Waals surface area (Å²) < 4.78 is 13.4. The molecule has 7 atom stereocenters. The lowest BCUT2D eigenvalue weighted by Gasteiger charge is -2.75. The van der Waals surface area contributed by atoms with Gasteiger partial charge in [0.05, 0.1) is 11.2 Å². The van der Waals surface area contributed by atoms with Gasteiger partial charge in [-0.3, -0.25) is 15.0 Å². The molecule has 2 heterocycles. The van der Waals surface area contributed by atoms with Gasteiger partial charge < -0.3 is 25.0 Å². The summed E-state index contributed by atoms with van der Waals surface area (Å²) in [5.74, 6) is 0.542. The summed E-state index contributed by atoms with van der Waals surface area (Å²) in [6, 6.07) is 16.8. The van der Waals surface area contributed by atoms with Crippen LogP contribution in [0.2, 0.25) is 0 Å². The van der Waals surface area contributed by atoms with Crippen molar-refractivity contribution < 1.29 is 34.1 Å². The molecule has 7 aliphatic rings. The largest absolute Gasteiger partial charge is 0.485 e. The number of piperidine rings is 1. The second-order valence-electron chi connectivity index (χ2n) is 18.5. The van der Waals surface area contributed by atoms with E-state index in [1.54, 1.807) is 24.3 Å². The smallest absolute Gasteiger partial charge is 0.417 e. The van der Waals surface area contributed by atoms with Crippen molar-refractivity contribution in [2.24, 2.45) is 28.1 Å². The van der Waals surface area contributed by atoms with Crippen LogP contribution >= 0.6 is 0 Å². The van der Waals surface area contributed by atoms with Crippen LogP contribution in [0.1, 0.15) is 105 Å². The van der Waals surface area contributed by atoms with E-state index in [1.165, 1.54) is 48.2 Å². The fourth-order valence-electron chi connectivity index (χ4n) is 11.6. The number of carboxylic acids is 1. The van der Waals surface area contributed by atoms with Crippen molar-refractivity contribution in [2.45, 2.75) is 103 Å². The lowest BCUT2D eigenvalue weighted by molar-refractivity contribution is -0.276. The maximum Gasteiger partial charge on any atom is 0.417 e. The molecule has 4 N–H and O–H groups in total. The summed E-state index contributed by atoms with van der Waals surface area (Å²) in [4.78, 5) is 40.3. The molecular formula is C44H51N3O7. The third-order valence-electron chi connectivity index (χ3n) is 15.0. The summed E-state index contributed by atoms with van der Waals surface area (Å²) in [7, 11) is 0. The van der Waals surface area contributed by atoms with Crippen molar-refractivity contribution in [3.63, 3.8) is 0 Å². The number of hydrogen-bond donors (Lipinski definition) is 4. The number of aliphatic hydroxyl groups is 1. The molecule has 2 amide bonds. The van der Waals surface area contributed by atoms with Crippen LogP contribution in [0.15, 0.2) is 60.7 Å². The Balaban J connectivity index is 0.990. The highest BCUT2D eigenvalue weighted by atomic mass is 16.6. The van der Waals surface area contributed by atoms with Gasteiger partial charge in [-0.25, -0.2) is 9.59 Å². The quantitative estimate of drug-likeness (QED) is 0.184. The van der Waals surface area contributed by atoms with Crippen molar-refractivity contribution in [1.29, 1.82) is 0 Å². The van der Waals surface area contributed by atoms with Gasteiger partial charge in [0.1, 0.15) is 6.10 Å². The zero-order valence-corrected chi connectivity index (χ0v) is 31.8. The first-order chi connectivity index (χ1) is 25.6. The lowest BCUT2D eigenvalue weighted by Crippen LogP contribution is -2.80. The van der Waals surface area contributed by atoms with Crippen LogP contribution in [0, 0.1) is 28.1 Å². The maximum absolute atomic E-state index is 13.5. The number of hydrogen-bond acceptors (Lipinski definition) is 7. The van der Waals surface area contributed by atoms with E-state index in [0.717, 1.165) is 51.1 Å². The molecule has 54 heavy (non-hydrogen) atoms. The Morgan fingerprint density at radius 2 is 1.57 bits per heavy atom. The Labute approximate surface area is 316 Å². The monoisotopic (exact) mass is 733 g/mol. The fourth-order valence-corrected chi connectivity index (χ4v) is 11.6. The first-order valence-electron chi connectivity index (χ1n) is 19.6. The summed E-state index contributed by atoms with van der Waals surface area (Å²) in [6.45, 7) is 13.1. The van der Waals surface area contributed by atoms with Crippen LogP contribution in [-0.2, 0) is 11.8 Å². The van der Waals surface area contributed by atoms with E-state index in [9.17, 15) is 19.5 Å². The van der Waals surface area contributed by atoms with Gasteiger partial charge in [-0.05, 0) is 136 Å². The van der Waals surface area contributed by atoms with E-state index in [1.807, 2.05) is 6.07 Å². The van der Waals surface area contributed by atoms with Crippen molar-refractivity contribution in [1.82, 2.24) is 4.90 Å². The highest BCUT2D eigenvalue weighted by Gasteiger charge is 2.80. The summed E-state index contributed by atoms with van der Waals surface area (Å²) in [5.41, 5.74) is 2.24. The van der Waals surface area contributed by atoms with Gasteiger partial charge >= 0.3 is 12.1 Å². The Morgan fingerprint density at radius 3 is 2.22 bits per heavy atom. The van der Waals surface area contributed by atoms with Gasteiger partial charge in [0, 0.05) is 51.3 Å². The summed E-state index contributed by atoms with van der Waals surface area (Å²) in [6.07, 6.45) is 6.88. The predicted octanol–water partition coefficient (Wildman–Crippen LogP) is 7.89. The molecule has 284 valence electrons. The highest BCUT2D eigenvalue weighted by Crippen LogP contribution is 2.79. The first-order valence-corrected chi connectivity index (χ1v) is 19.6. The Bertz CT molecular complexity index is 2050. The van der Waals surface area contributed by atoms with Gasteiger partial charge in [-0.1, -0.05) is 33.8 Å². The number of fused-ring (bicyclic) bond motifs is 2. The lowest BCUT2D eigenvalue weighted by atomic mass is 9.31. The number of carbonyl (C=O) groups is 3. The Hall–Kier alpha value is -4.41.